The third kappa shape index (κ3) is 4.46. The molecule has 1 unspecified atom stereocenters. The molecule has 3 aliphatic rings. The van der Waals surface area contributed by atoms with Crippen molar-refractivity contribution in [3.63, 3.8) is 0 Å². The second-order valence-electron chi connectivity index (χ2n) is 9.30. The van der Waals surface area contributed by atoms with E-state index in [0.717, 1.165) is 36.8 Å². The number of rotatable bonds is 4. The molecule has 2 aromatic carbocycles. The van der Waals surface area contributed by atoms with Gasteiger partial charge in [0, 0.05) is 16.7 Å². The lowest BCUT2D eigenvalue weighted by molar-refractivity contribution is -0.275. The Morgan fingerprint density at radius 3 is 2.30 bits per heavy atom. The zero-order valence-electron chi connectivity index (χ0n) is 18.1. The number of alkyl halides is 3. The molecule has 7 heteroatoms. The maximum Gasteiger partial charge on any atom is 0.573 e. The van der Waals surface area contributed by atoms with Gasteiger partial charge in [-0.3, -0.25) is 0 Å². The second kappa shape index (κ2) is 8.65. The summed E-state index contributed by atoms with van der Waals surface area (Å²) in [5.74, 6) is -1.08. The SMILES string of the molecule is Fc1c(OC(F)(F)F)ccc2c1COc1c-2ccc(C2=CCC(CC3CCCC3)CC2)c1F. The molecule has 0 radical (unpaired) electrons. The molecule has 1 atom stereocenters. The lowest BCUT2D eigenvalue weighted by Gasteiger charge is -2.27. The predicted octanol–water partition coefficient (Wildman–Crippen LogP) is 8.19. The van der Waals surface area contributed by atoms with Gasteiger partial charge in [0.25, 0.3) is 0 Å². The van der Waals surface area contributed by atoms with Gasteiger partial charge in [0.1, 0.15) is 6.61 Å². The maximum absolute atomic E-state index is 15.4. The molecule has 0 bridgehead atoms. The Hall–Kier alpha value is -2.57. The fourth-order valence-corrected chi connectivity index (χ4v) is 5.56. The van der Waals surface area contributed by atoms with Crippen LogP contribution >= 0.6 is 0 Å². The Balaban J connectivity index is 1.39. The molecule has 0 N–H and O–H groups in total. The molecule has 0 aromatic heterocycles. The zero-order valence-corrected chi connectivity index (χ0v) is 18.1. The summed E-state index contributed by atoms with van der Waals surface area (Å²) in [6, 6.07) is 5.54. The summed E-state index contributed by atoms with van der Waals surface area (Å²) in [7, 11) is 0. The standard InChI is InChI=1S/C26H25F5O2/c27-23-21-14-32-25-20(19(21)11-12-22(23)33-26(29,30)31)10-9-18(24(25)28)17-7-5-16(6-8-17)13-15-3-1-2-4-15/h7,9-12,15-16H,1-6,8,13-14H2. The molecule has 0 saturated heterocycles. The highest BCUT2D eigenvalue weighted by molar-refractivity contribution is 5.80. The van der Waals surface area contributed by atoms with Crippen LogP contribution in [0.4, 0.5) is 22.0 Å². The van der Waals surface area contributed by atoms with Crippen LogP contribution in [0.1, 0.15) is 62.5 Å². The average molecular weight is 464 g/mol. The van der Waals surface area contributed by atoms with Crippen LogP contribution in [0.5, 0.6) is 11.5 Å². The van der Waals surface area contributed by atoms with Crippen molar-refractivity contribution in [1.82, 2.24) is 0 Å². The molecule has 1 fully saturated rings. The summed E-state index contributed by atoms with van der Waals surface area (Å²) in [5.41, 5.74) is 1.98. The van der Waals surface area contributed by atoms with Gasteiger partial charge in [0.2, 0.25) is 0 Å². The third-order valence-electron chi connectivity index (χ3n) is 7.19. The van der Waals surface area contributed by atoms with Crippen LogP contribution in [0.3, 0.4) is 0 Å². The highest BCUT2D eigenvalue weighted by Crippen LogP contribution is 2.46. The van der Waals surface area contributed by atoms with E-state index >= 15 is 4.39 Å². The first-order valence-electron chi connectivity index (χ1n) is 11.5. The molecule has 1 saturated carbocycles. The number of halogens is 5. The fourth-order valence-electron chi connectivity index (χ4n) is 5.56. The van der Waals surface area contributed by atoms with Crippen LogP contribution in [0.25, 0.3) is 16.7 Å². The first-order valence-corrected chi connectivity index (χ1v) is 11.5. The fraction of sp³-hybridized carbons (Fsp3) is 0.462. The highest BCUT2D eigenvalue weighted by atomic mass is 19.4. The first-order chi connectivity index (χ1) is 15.8. The Labute approximate surface area is 189 Å². The van der Waals surface area contributed by atoms with E-state index in [2.05, 4.69) is 10.8 Å². The topological polar surface area (TPSA) is 18.5 Å². The molecule has 2 aromatic rings. The lowest BCUT2D eigenvalue weighted by atomic mass is 9.81. The molecular formula is C26H25F5O2. The molecule has 176 valence electrons. The summed E-state index contributed by atoms with van der Waals surface area (Å²) >= 11 is 0. The third-order valence-corrected chi connectivity index (χ3v) is 7.19. The molecule has 0 amide bonds. The van der Waals surface area contributed by atoms with E-state index in [9.17, 15) is 17.6 Å². The van der Waals surface area contributed by atoms with Crippen molar-refractivity contribution in [1.29, 1.82) is 0 Å². The minimum Gasteiger partial charge on any atom is -0.485 e. The van der Waals surface area contributed by atoms with Gasteiger partial charge < -0.3 is 9.47 Å². The van der Waals surface area contributed by atoms with Crippen molar-refractivity contribution in [2.45, 2.75) is 64.3 Å². The summed E-state index contributed by atoms with van der Waals surface area (Å²) in [6.07, 6.45) is 6.49. The molecule has 1 aliphatic heterocycles. The van der Waals surface area contributed by atoms with Gasteiger partial charge in [-0.2, -0.15) is 0 Å². The van der Waals surface area contributed by atoms with E-state index in [4.69, 9.17) is 4.74 Å². The van der Waals surface area contributed by atoms with Gasteiger partial charge in [-0.1, -0.05) is 37.8 Å². The monoisotopic (exact) mass is 464 g/mol. The van der Waals surface area contributed by atoms with E-state index in [1.54, 1.807) is 12.1 Å². The molecule has 33 heavy (non-hydrogen) atoms. The number of ether oxygens (including phenoxy) is 2. The van der Waals surface area contributed by atoms with E-state index in [0.29, 0.717) is 22.6 Å². The normalized spacial score (nSPS) is 20.6. The second-order valence-corrected chi connectivity index (χ2v) is 9.30. The van der Waals surface area contributed by atoms with Crippen LogP contribution in [0.2, 0.25) is 0 Å². The van der Waals surface area contributed by atoms with Crippen LogP contribution in [0.15, 0.2) is 30.3 Å². The molecule has 2 nitrogen and oxygen atoms in total. The predicted molar refractivity (Wildman–Crippen MR) is 115 cm³/mol. The first kappa shape index (κ1) is 22.2. The van der Waals surface area contributed by atoms with Crippen molar-refractivity contribution in [3.05, 3.63) is 53.1 Å². The smallest absolute Gasteiger partial charge is 0.485 e. The van der Waals surface area contributed by atoms with Gasteiger partial charge >= 0.3 is 6.36 Å². The minimum absolute atomic E-state index is 0.0119. The highest BCUT2D eigenvalue weighted by Gasteiger charge is 2.34. The summed E-state index contributed by atoms with van der Waals surface area (Å²) in [6.45, 7) is -0.369. The Morgan fingerprint density at radius 1 is 0.879 bits per heavy atom. The van der Waals surface area contributed by atoms with Gasteiger partial charge in [0.15, 0.2) is 23.1 Å². The van der Waals surface area contributed by atoms with Crippen molar-refractivity contribution < 1.29 is 31.4 Å². The van der Waals surface area contributed by atoms with Gasteiger partial charge in [-0.25, -0.2) is 8.78 Å². The quantitative estimate of drug-likeness (QED) is 0.425. The van der Waals surface area contributed by atoms with Gasteiger partial charge in [0.05, 0.1) is 0 Å². The maximum atomic E-state index is 15.4. The van der Waals surface area contributed by atoms with E-state index in [1.165, 1.54) is 38.2 Å². The van der Waals surface area contributed by atoms with Crippen LogP contribution in [0, 0.1) is 23.5 Å². The van der Waals surface area contributed by atoms with E-state index in [1.807, 2.05) is 0 Å². The van der Waals surface area contributed by atoms with E-state index in [-0.39, 0.29) is 17.9 Å². The Bertz CT molecular complexity index is 1080. The molecule has 2 aliphatic carbocycles. The van der Waals surface area contributed by atoms with Crippen molar-refractivity contribution in [2.75, 3.05) is 0 Å². The van der Waals surface area contributed by atoms with Crippen LogP contribution in [-0.4, -0.2) is 6.36 Å². The number of fused-ring (bicyclic) bond motifs is 3. The zero-order chi connectivity index (χ0) is 23.2. The largest absolute Gasteiger partial charge is 0.573 e. The van der Waals surface area contributed by atoms with Crippen LogP contribution in [-0.2, 0) is 6.61 Å². The summed E-state index contributed by atoms with van der Waals surface area (Å²) in [5, 5.41) is 0. The van der Waals surface area contributed by atoms with E-state index < -0.39 is 23.7 Å². The van der Waals surface area contributed by atoms with Crippen molar-refractivity contribution in [2.24, 2.45) is 11.8 Å². The Morgan fingerprint density at radius 2 is 1.61 bits per heavy atom. The average Bonchev–Trinajstić information content (AvgIpc) is 3.29. The number of allylic oxidation sites excluding steroid dienone is 2. The molecular weight excluding hydrogens is 439 g/mol. The van der Waals surface area contributed by atoms with Crippen molar-refractivity contribution in [3.8, 4) is 22.6 Å². The number of hydrogen-bond acceptors (Lipinski definition) is 2. The molecule has 5 rings (SSSR count). The summed E-state index contributed by atoms with van der Waals surface area (Å²) < 4.78 is 76.9. The molecule has 1 heterocycles. The van der Waals surface area contributed by atoms with Crippen molar-refractivity contribution >= 4 is 5.57 Å². The Kier molecular flexibility index (Phi) is 5.83. The number of hydrogen-bond donors (Lipinski definition) is 0. The molecule has 0 spiro atoms. The van der Waals surface area contributed by atoms with Gasteiger partial charge in [-0.05, 0) is 66.9 Å². The number of benzene rings is 2. The minimum atomic E-state index is -5.01. The van der Waals surface area contributed by atoms with Crippen LogP contribution < -0.4 is 9.47 Å². The van der Waals surface area contributed by atoms with Gasteiger partial charge in [-0.15, -0.1) is 13.2 Å². The lowest BCUT2D eigenvalue weighted by Crippen LogP contribution is -2.19. The summed E-state index contributed by atoms with van der Waals surface area (Å²) in [4.78, 5) is 0.